The molecule has 0 saturated carbocycles. The highest BCUT2D eigenvalue weighted by Crippen LogP contribution is 2.20. The molecule has 4 heteroatoms. The first-order valence-electron chi connectivity index (χ1n) is 4.64. The number of hydrogen-bond donors (Lipinski definition) is 0. The fourth-order valence-electron chi connectivity index (χ4n) is 1.51. The van der Waals surface area contributed by atoms with Crippen molar-refractivity contribution in [3.05, 3.63) is 36.2 Å². The van der Waals surface area contributed by atoms with Crippen LogP contribution in [0.5, 0.6) is 0 Å². The third-order valence-corrected chi connectivity index (χ3v) is 2.26. The molecule has 4 nitrogen and oxygen atoms in total. The van der Waals surface area contributed by atoms with E-state index in [1.807, 2.05) is 25.2 Å². The van der Waals surface area contributed by atoms with E-state index in [9.17, 15) is 4.79 Å². The van der Waals surface area contributed by atoms with E-state index < -0.39 is 0 Å². The van der Waals surface area contributed by atoms with Gasteiger partial charge in [-0.25, -0.2) is 0 Å². The average Bonchev–Trinajstić information content (AvgIpc) is 2.64. The highest BCUT2D eigenvalue weighted by atomic mass is 16.1. The van der Waals surface area contributed by atoms with Gasteiger partial charge in [-0.3, -0.25) is 4.79 Å². The van der Waals surface area contributed by atoms with Crippen LogP contribution < -0.4 is 0 Å². The fraction of sp³-hybridized carbons (Fsp3) is 0.182. The summed E-state index contributed by atoms with van der Waals surface area (Å²) in [6.45, 7) is 1.55. The first-order valence-corrected chi connectivity index (χ1v) is 4.64. The van der Waals surface area contributed by atoms with Crippen molar-refractivity contribution in [1.82, 2.24) is 14.8 Å². The first kappa shape index (κ1) is 9.58. The van der Waals surface area contributed by atoms with Crippen molar-refractivity contribution in [2.75, 3.05) is 0 Å². The third kappa shape index (κ3) is 1.66. The summed E-state index contributed by atoms with van der Waals surface area (Å²) in [6.07, 6.45) is 1.62. The van der Waals surface area contributed by atoms with Gasteiger partial charge >= 0.3 is 0 Å². The molecule has 15 heavy (non-hydrogen) atoms. The van der Waals surface area contributed by atoms with Gasteiger partial charge in [0.2, 0.25) is 0 Å². The van der Waals surface area contributed by atoms with Crippen LogP contribution in [0, 0.1) is 0 Å². The minimum atomic E-state index is 0.0357. The Bertz CT molecular complexity index is 502. The van der Waals surface area contributed by atoms with Crippen molar-refractivity contribution < 1.29 is 4.79 Å². The van der Waals surface area contributed by atoms with Gasteiger partial charge in [0.15, 0.2) is 11.6 Å². The van der Waals surface area contributed by atoms with E-state index in [1.54, 1.807) is 23.9 Å². The van der Waals surface area contributed by atoms with Gasteiger partial charge in [0.05, 0.1) is 0 Å². The van der Waals surface area contributed by atoms with Gasteiger partial charge in [0.1, 0.15) is 6.33 Å². The van der Waals surface area contributed by atoms with E-state index in [0.29, 0.717) is 11.4 Å². The number of hydrogen-bond acceptors (Lipinski definition) is 3. The van der Waals surface area contributed by atoms with Crippen LogP contribution in [-0.2, 0) is 7.05 Å². The lowest BCUT2D eigenvalue weighted by Crippen LogP contribution is -1.99. The van der Waals surface area contributed by atoms with Crippen LogP contribution in [0.15, 0.2) is 30.6 Å². The Hall–Kier alpha value is -1.97. The Kier molecular flexibility index (Phi) is 2.33. The van der Waals surface area contributed by atoms with Crippen molar-refractivity contribution in [2.45, 2.75) is 6.92 Å². The Labute approximate surface area is 87.6 Å². The molecule has 0 N–H and O–H groups in total. The molecule has 2 aromatic rings. The average molecular weight is 201 g/mol. The van der Waals surface area contributed by atoms with E-state index in [0.717, 1.165) is 5.56 Å². The molecule has 0 fully saturated rings. The number of aromatic nitrogens is 3. The summed E-state index contributed by atoms with van der Waals surface area (Å²) in [6, 6.07) is 7.40. The zero-order valence-corrected chi connectivity index (χ0v) is 8.64. The summed E-state index contributed by atoms with van der Waals surface area (Å²) in [5, 5.41) is 7.79. The number of carbonyl (C=O) groups excluding carboxylic acids is 1. The number of aryl methyl sites for hydroxylation is 1. The predicted molar refractivity (Wildman–Crippen MR) is 56.4 cm³/mol. The maximum Gasteiger partial charge on any atom is 0.164 e. The van der Waals surface area contributed by atoms with E-state index >= 15 is 0 Å². The van der Waals surface area contributed by atoms with Gasteiger partial charge in [-0.05, 0) is 6.92 Å². The zero-order valence-electron chi connectivity index (χ0n) is 8.64. The van der Waals surface area contributed by atoms with Crippen LogP contribution in [0.4, 0.5) is 0 Å². The topological polar surface area (TPSA) is 47.8 Å². The van der Waals surface area contributed by atoms with E-state index in [-0.39, 0.29) is 5.78 Å². The zero-order chi connectivity index (χ0) is 10.8. The highest BCUT2D eigenvalue weighted by molar-refractivity contribution is 6.00. The summed E-state index contributed by atoms with van der Waals surface area (Å²) in [4.78, 5) is 11.4. The molecule has 0 spiro atoms. The summed E-state index contributed by atoms with van der Waals surface area (Å²) in [5.74, 6) is 0.745. The van der Waals surface area contributed by atoms with Crippen LogP contribution in [-0.4, -0.2) is 20.5 Å². The van der Waals surface area contributed by atoms with Gasteiger partial charge in [-0.1, -0.05) is 24.3 Å². The van der Waals surface area contributed by atoms with Crippen molar-refractivity contribution >= 4 is 5.78 Å². The Morgan fingerprint density at radius 2 is 2.07 bits per heavy atom. The fourth-order valence-corrected chi connectivity index (χ4v) is 1.51. The molecule has 0 atom stereocenters. The number of rotatable bonds is 2. The Morgan fingerprint density at radius 3 is 2.67 bits per heavy atom. The molecule has 1 heterocycles. The van der Waals surface area contributed by atoms with Crippen LogP contribution >= 0.6 is 0 Å². The molecule has 0 aliphatic rings. The molecule has 0 amide bonds. The SMILES string of the molecule is CC(=O)c1ccccc1-c1nncn1C. The Balaban J connectivity index is 2.63. The first-order chi connectivity index (χ1) is 7.20. The molecular weight excluding hydrogens is 190 g/mol. The Morgan fingerprint density at radius 1 is 1.33 bits per heavy atom. The molecule has 0 radical (unpaired) electrons. The summed E-state index contributed by atoms with van der Waals surface area (Å²) in [7, 11) is 1.85. The number of nitrogens with zero attached hydrogens (tertiary/aromatic N) is 3. The van der Waals surface area contributed by atoms with Gasteiger partial charge in [0.25, 0.3) is 0 Å². The van der Waals surface area contributed by atoms with E-state index in [4.69, 9.17) is 0 Å². The molecule has 0 bridgehead atoms. The number of benzene rings is 1. The van der Waals surface area contributed by atoms with Gasteiger partial charge in [-0.15, -0.1) is 10.2 Å². The molecule has 0 saturated heterocycles. The van der Waals surface area contributed by atoms with E-state index in [2.05, 4.69) is 10.2 Å². The van der Waals surface area contributed by atoms with Crippen molar-refractivity contribution in [3.8, 4) is 11.4 Å². The molecule has 0 aliphatic heterocycles. The second kappa shape index (κ2) is 3.65. The lowest BCUT2D eigenvalue weighted by molar-refractivity contribution is 0.101. The van der Waals surface area contributed by atoms with Gasteiger partial charge in [-0.2, -0.15) is 0 Å². The molecule has 2 rings (SSSR count). The van der Waals surface area contributed by atoms with Gasteiger partial charge in [0, 0.05) is 18.2 Å². The summed E-state index contributed by atoms with van der Waals surface area (Å²) < 4.78 is 1.79. The number of carbonyl (C=O) groups is 1. The van der Waals surface area contributed by atoms with Crippen LogP contribution in [0.2, 0.25) is 0 Å². The van der Waals surface area contributed by atoms with Crippen molar-refractivity contribution in [3.63, 3.8) is 0 Å². The molecule has 0 unspecified atom stereocenters. The van der Waals surface area contributed by atoms with Crippen molar-refractivity contribution in [2.24, 2.45) is 7.05 Å². The lowest BCUT2D eigenvalue weighted by atomic mass is 10.0. The second-order valence-electron chi connectivity index (χ2n) is 3.37. The number of ketones is 1. The molecule has 1 aromatic carbocycles. The highest BCUT2D eigenvalue weighted by Gasteiger charge is 2.11. The summed E-state index contributed by atoms with van der Waals surface area (Å²) >= 11 is 0. The quantitative estimate of drug-likeness (QED) is 0.694. The molecule has 1 aromatic heterocycles. The number of Topliss-reactive ketones (excluding diaryl/α,β-unsaturated/α-hetero) is 1. The molecule has 76 valence electrons. The largest absolute Gasteiger partial charge is 0.317 e. The second-order valence-corrected chi connectivity index (χ2v) is 3.37. The van der Waals surface area contributed by atoms with Gasteiger partial charge < -0.3 is 4.57 Å². The monoisotopic (exact) mass is 201 g/mol. The maximum atomic E-state index is 11.4. The van der Waals surface area contributed by atoms with E-state index in [1.165, 1.54) is 0 Å². The third-order valence-electron chi connectivity index (χ3n) is 2.26. The van der Waals surface area contributed by atoms with Crippen LogP contribution in [0.1, 0.15) is 17.3 Å². The van der Waals surface area contributed by atoms with Crippen LogP contribution in [0.25, 0.3) is 11.4 Å². The minimum Gasteiger partial charge on any atom is -0.317 e. The standard InChI is InChI=1S/C11H11N3O/c1-8(15)9-5-3-4-6-10(9)11-13-12-7-14(11)2/h3-7H,1-2H3. The van der Waals surface area contributed by atoms with Crippen molar-refractivity contribution in [1.29, 1.82) is 0 Å². The summed E-state index contributed by atoms with van der Waals surface area (Å²) in [5.41, 5.74) is 1.50. The molecule has 0 aliphatic carbocycles. The lowest BCUT2D eigenvalue weighted by Gasteiger charge is -2.04. The maximum absolute atomic E-state index is 11.4. The normalized spacial score (nSPS) is 10.3. The van der Waals surface area contributed by atoms with Crippen LogP contribution in [0.3, 0.4) is 0 Å². The smallest absolute Gasteiger partial charge is 0.164 e. The minimum absolute atomic E-state index is 0.0357. The predicted octanol–water partition coefficient (Wildman–Crippen LogP) is 1.68. The molecular formula is C11H11N3O.